The fourth-order valence-electron chi connectivity index (χ4n) is 1.62. The topological polar surface area (TPSA) is 35.5 Å². The fraction of sp³-hybridized carbons (Fsp3) is 0.0769. The maximum absolute atomic E-state index is 5.63. The van der Waals surface area contributed by atoms with E-state index in [4.69, 9.17) is 13.6 Å². The number of para-hydroxylation sites is 1. The van der Waals surface area contributed by atoms with Gasteiger partial charge in [0.15, 0.2) is 11.3 Å². The van der Waals surface area contributed by atoms with Gasteiger partial charge in [-0.1, -0.05) is 12.1 Å². The van der Waals surface area contributed by atoms with Crippen molar-refractivity contribution in [3.63, 3.8) is 0 Å². The summed E-state index contributed by atoms with van der Waals surface area (Å²) in [7, 11) is 0. The maximum Gasteiger partial charge on any atom is 0.175 e. The third-order valence-corrected chi connectivity index (χ3v) is 2.39. The Bertz CT molecular complexity index is 578. The number of hydrogen-bond acceptors (Lipinski definition) is 3. The van der Waals surface area contributed by atoms with Crippen LogP contribution in [0.3, 0.4) is 0 Å². The van der Waals surface area contributed by atoms with Gasteiger partial charge in [-0.3, -0.25) is 0 Å². The second kappa shape index (κ2) is 3.77. The molecule has 0 aliphatic carbocycles. The van der Waals surface area contributed by atoms with Crippen LogP contribution in [0.25, 0.3) is 11.0 Å². The lowest BCUT2D eigenvalue weighted by Crippen LogP contribution is -1.93. The molecular weight excluding hydrogens is 204 g/mol. The highest BCUT2D eigenvalue weighted by Crippen LogP contribution is 2.26. The summed E-state index contributed by atoms with van der Waals surface area (Å²) in [5, 5.41) is 1.04. The molecule has 0 saturated carbocycles. The second-order valence-electron chi connectivity index (χ2n) is 3.46. The highest BCUT2D eigenvalue weighted by molar-refractivity contribution is 5.82. The van der Waals surface area contributed by atoms with Crippen molar-refractivity contribution in [3.8, 4) is 5.75 Å². The first kappa shape index (κ1) is 9.09. The molecule has 2 heterocycles. The Balaban J connectivity index is 1.86. The zero-order chi connectivity index (χ0) is 10.8. The molecule has 0 aliphatic heterocycles. The van der Waals surface area contributed by atoms with Crippen LogP contribution in [-0.2, 0) is 6.61 Å². The Kier molecular flexibility index (Phi) is 2.14. The van der Waals surface area contributed by atoms with Gasteiger partial charge in [0.05, 0.1) is 12.5 Å². The van der Waals surface area contributed by atoms with Crippen LogP contribution in [0.5, 0.6) is 5.75 Å². The lowest BCUT2D eigenvalue weighted by molar-refractivity contribution is 0.270. The zero-order valence-electron chi connectivity index (χ0n) is 8.55. The van der Waals surface area contributed by atoms with Gasteiger partial charge in [-0.2, -0.15) is 0 Å². The van der Waals surface area contributed by atoms with E-state index >= 15 is 0 Å². The third-order valence-electron chi connectivity index (χ3n) is 2.39. The van der Waals surface area contributed by atoms with Crippen molar-refractivity contribution < 1.29 is 13.6 Å². The Morgan fingerprint density at radius 2 is 1.94 bits per heavy atom. The van der Waals surface area contributed by atoms with Crippen molar-refractivity contribution in [1.82, 2.24) is 0 Å². The molecule has 0 saturated heterocycles. The Morgan fingerprint density at radius 1 is 0.938 bits per heavy atom. The predicted molar refractivity (Wildman–Crippen MR) is 59.3 cm³/mol. The maximum atomic E-state index is 5.63. The smallest absolute Gasteiger partial charge is 0.175 e. The number of fused-ring (bicyclic) bond motifs is 1. The van der Waals surface area contributed by atoms with Gasteiger partial charge in [0.25, 0.3) is 0 Å². The van der Waals surface area contributed by atoms with E-state index in [9.17, 15) is 0 Å². The summed E-state index contributed by atoms with van der Waals surface area (Å²) >= 11 is 0. The van der Waals surface area contributed by atoms with Crippen molar-refractivity contribution in [2.24, 2.45) is 0 Å². The molecule has 2 aromatic heterocycles. The van der Waals surface area contributed by atoms with Crippen LogP contribution in [0.1, 0.15) is 5.76 Å². The zero-order valence-corrected chi connectivity index (χ0v) is 8.55. The van der Waals surface area contributed by atoms with E-state index in [1.807, 2.05) is 36.4 Å². The van der Waals surface area contributed by atoms with Crippen LogP contribution >= 0.6 is 0 Å². The molecule has 0 unspecified atom stereocenters. The lowest BCUT2D eigenvalue weighted by atomic mass is 10.2. The summed E-state index contributed by atoms with van der Waals surface area (Å²) in [5.74, 6) is 1.53. The average Bonchev–Trinajstić information content (AvgIpc) is 2.97. The standard InChI is InChI=1S/C13H10O3/c1-3-10-6-8-15-13(10)12(5-1)16-9-11-4-2-7-14-11/h1-8H,9H2. The molecule has 0 radical (unpaired) electrons. The van der Waals surface area contributed by atoms with Crippen LogP contribution in [0.2, 0.25) is 0 Å². The van der Waals surface area contributed by atoms with E-state index in [0.29, 0.717) is 6.61 Å². The summed E-state index contributed by atoms with van der Waals surface area (Å²) in [5.41, 5.74) is 0.772. The first-order valence-electron chi connectivity index (χ1n) is 5.05. The summed E-state index contributed by atoms with van der Waals surface area (Å²) < 4.78 is 16.2. The molecule has 3 nitrogen and oxygen atoms in total. The van der Waals surface area contributed by atoms with Crippen molar-refractivity contribution in [1.29, 1.82) is 0 Å². The van der Waals surface area contributed by atoms with Gasteiger partial charge in [-0.05, 0) is 24.3 Å². The number of rotatable bonds is 3. The van der Waals surface area contributed by atoms with E-state index in [1.54, 1.807) is 12.5 Å². The Labute approximate surface area is 92.2 Å². The van der Waals surface area contributed by atoms with Gasteiger partial charge in [0.1, 0.15) is 12.4 Å². The normalized spacial score (nSPS) is 10.8. The van der Waals surface area contributed by atoms with Crippen molar-refractivity contribution in [2.75, 3.05) is 0 Å². The van der Waals surface area contributed by atoms with Crippen molar-refractivity contribution >= 4 is 11.0 Å². The molecule has 0 fully saturated rings. The van der Waals surface area contributed by atoms with Crippen LogP contribution in [0.15, 0.2) is 57.8 Å². The molecular formula is C13H10O3. The summed E-state index contributed by atoms with van der Waals surface area (Å²) in [4.78, 5) is 0. The van der Waals surface area contributed by atoms with Gasteiger partial charge in [-0.25, -0.2) is 0 Å². The van der Waals surface area contributed by atoms with E-state index in [1.165, 1.54) is 0 Å². The molecule has 0 spiro atoms. The molecule has 0 bridgehead atoms. The van der Waals surface area contributed by atoms with E-state index in [-0.39, 0.29) is 0 Å². The minimum absolute atomic E-state index is 0.410. The van der Waals surface area contributed by atoms with Crippen LogP contribution < -0.4 is 4.74 Å². The highest BCUT2D eigenvalue weighted by Gasteiger charge is 2.05. The molecule has 1 aromatic carbocycles. The molecule has 3 aromatic rings. The molecule has 0 N–H and O–H groups in total. The third kappa shape index (κ3) is 1.56. The van der Waals surface area contributed by atoms with Gasteiger partial charge in [0.2, 0.25) is 0 Å². The van der Waals surface area contributed by atoms with E-state index in [0.717, 1.165) is 22.5 Å². The van der Waals surface area contributed by atoms with Crippen molar-refractivity contribution in [2.45, 2.75) is 6.61 Å². The molecule has 80 valence electrons. The largest absolute Gasteiger partial charge is 0.482 e. The van der Waals surface area contributed by atoms with Gasteiger partial charge >= 0.3 is 0 Å². The monoisotopic (exact) mass is 214 g/mol. The first-order chi connectivity index (χ1) is 7.93. The molecule has 0 atom stereocenters. The van der Waals surface area contributed by atoms with Gasteiger partial charge < -0.3 is 13.6 Å². The molecule has 3 heteroatoms. The molecule has 0 amide bonds. The van der Waals surface area contributed by atoms with Crippen molar-refractivity contribution in [3.05, 3.63) is 54.7 Å². The summed E-state index contributed by atoms with van der Waals surface area (Å²) in [6, 6.07) is 11.4. The lowest BCUT2D eigenvalue weighted by Gasteiger charge is -2.04. The van der Waals surface area contributed by atoms with Gasteiger partial charge in [0, 0.05) is 5.39 Å². The quantitative estimate of drug-likeness (QED) is 0.668. The molecule has 0 aliphatic rings. The fourth-order valence-corrected chi connectivity index (χ4v) is 1.62. The predicted octanol–water partition coefficient (Wildman–Crippen LogP) is 3.60. The number of hydrogen-bond donors (Lipinski definition) is 0. The van der Waals surface area contributed by atoms with Crippen LogP contribution in [-0.4, -0.2) is 0 Å². The average molecular weight is 214 g/mol. The molecule has 3 rings (SSSR count). The first-order valence-corrected chi connectivity index (χ1v) is 5.05. The van der Waals surface area contributed by atoms with Crippen LogP contribution in [0.4, 0.5) is 0 Å². The Hall–Kier alpha value is -2.16. The minimum Gasteiger partial charge on any atom is -0.482 e. The Morgan fingerprint density at radius 3 is 2.81 bits per heavy atom. The second-order valence-corrected chi connectivity index (χ2v) is 3.46. The van der Waals surface area contributed by atoms with Crippen LogP contribution in [0, 0.1) is 0 Å². The van der Waals surface area contributed by atoms with Gasteiger partial charge in [-0.15, -0.1) is 0 Å². The summed E-state index contributed by atoms with van der Waals surface area (Å²) in [6.07, 6.45) is 3.29. The van der Waals surface area contributed by atoms with E-state index < -0.39 is 0 Å². The number of ether oxygens (including phenoxy) is 1. The highest BCUT2D eigenvalue weighted by atomic mass is 16.5. The minimum atomic E-state index is 0.410. The van der Waals surface area contributed by atoms with E-state index in [2.05, 4.69) is 0 Å². The molecule has 16 heavy (non-hydrogen) atoms. The summed E-state index contributed by atoms with van der Waals surface area (Å²) in [6.45, 7) is 0.410. The SMILES string of the molecule is c1coc(COc2cccc3ccoc23)c1. The number of benzene rings is 1. The number of furan rings is 2.